The summed E-state index contributed by atoms with van der Waals surface area (Å²) in [6.07, 6.45) is 11.6. The number of ketones is 1. The fraction of sp³-hybridized carbons (Fsp3) is 0.905. The summed E-state index contributed by atoms with van der Waals surface area (Å²) in [5.74, 6) is 3.50. The summed E-state index contributed by atoms with van der Waals surface area (Å²) in [6, 6.07) is 0. The Morgan fingerprint density at radius 3 is 2.71 bits per heavy atom. The minimum absolute atomic E-state index is 0.00532. The van der Waals surface area contributed by atoms with Crippen LogP contribution in [-0.2, 0) is 14.3 Å². The first kappa shape index (κ1) is 16.8. The number of hydrogen-bond donors (Lipinski definition) is 0. The Balaban J connectivity index is 1.52. The molecule has 3 heteroatoms. The zero-order valence-corrected chi connectivity index (χ0v) is 15.3. The quantitative estimate of drug-likeness (QED) is 0.728. The second kappa shape index (κ2) is 5.93. The molecule has 0 aliphatic heterocycles. The van der Waals surface area contributed by atoms with Crippen molar-refractivity contribution >= 4 is 12.1 Å². The summed E-state index contributed by atoms with van der Waals surface area (Å²) in [7, 11) is 0. The van der Waals surface area contributed by atoms with Crippen LogP contribution in [0.5, 0.6) is 0 Å². The summed E-state index contributed by atoms with van der Waals surface area (Å²) < 4.78 is 5.75. The summed E-state index contributed by atoms with van der Waals surface area (Å²) in [5.41, 5.74) is 0.422. The van der Waals surface area contributed by atoms with E-state index < -0.39 is 0 Å². The maximum absolute atomic E-state index is 12.5. The minimum atomic E-state index is -0.00532. The van der Waals surface area contributed by atoms with Crippen molar-refractivity contribution in [3.05, 3.63) is 0 Å². The predicted octanol–water partition coefficient (Wildman–Crippen LogP) is 4.18. The number of aldehydes is 1. The Hall–Kier alpha value is -0.700. The van der Waals surface area contributed by atoms with Crippen LogP contribution in [0.4, 0.5) is 0 Å². The molecule has 4 rings (SSSR count). The van der Waals surface area contributed by atoms with E-state index in [-0.39, 0.29) is 18.1 Å². The van der Waals surface area contributed by atoms with Gasteiger partial charge < -0.3 is 9.53 Å². The lowest BCUT2D eigenvalue weighted by atomic mass is 9.45. The van der Waals surface area contributed by atoms with E-state index in [4.69, 9.17) is 4.74 Å². The third-order valence-electron chi connectivity index (χ3n) is 8.73. The van der Waals surface area contributed by atoms with Crippen LogP contribution >= 0.6 is 0 Å². The highest BCUT2D eigenvalue weighted by molar-refractivity contribution is 5.87. The van der Waals surface area contributed by atoms with Crippen LogP contribution < -0.4 is 0 Å². The van der Waals surface area contributed by atoms with E-state index >= 15 is 0 Å². The Bertz CT molecular complexity index is 529. The molecule has 0 radical (unpaired) electrons. The average Bonchev–Trinajstić information content (AvgIpc) is 2.88. The maximum Gasteiger partial charge on any atom is 0.145 e. The highest BCUT2D eigenvalue weighted by atomic mass is 16.5. The van der Waals surface area contributed by atoms with Gasteiger partial charge in [0.2, 0.25) is 0 Å². The Labute approximate surface area is 145 Å². The molecule has 7 atom stereocenters. The van der Waals surface area contributed by atoms with E-state index in [1.165, 1.54) is 25.7 Å². The summed E-state index contributed by atoms with van der Waals surface area (Å²) >= 11 is 0. The van der Waals surface area contributed by atoms with Crippen LogP contribution in [0.1, 0.15) is 71.6 Å². The van der Waals surface area contributed by atoms with Crippen LogP contribution in [0.25, 0.3) is 0 Å². The van der Waals surface area contributed by atoms with Gasteiger partial charge in [0.05, 0.1) is 6.10 Å². The van der Waals surface area contributed by atoms with Crippen molar-refractivity contribution in [3.63, 3.8) is 0 Å². The number of ether oxygens (including phenoxy) is 1. The number of rotatable bonds is 3. The molecule has 0 spiro atoms. The molecule has 4 saturated carbocycles. The van der Waals surface area contributed by atoms with Gasteiger partial charge in [-0.1, -0.05) is 13.8 Å². The van der Waals surface area contributed by atoms with Gasteiger partial charge in [-0.3, -0.25) is 4.79 Å². The number of carbonyl (C=O) groups is 2. The molecule has 0 N–H and O–H groups in total. The Morgan fingerprint density at radius 2 is 1.92 bits per heavy atom. The molecule has 0 amide bonds. The molecule has 3 nitrogen and oxygen atoms in total. The summed E-state index contributed by atoms with van der Waals surface area (Å²) in [5, 5.41) is 0. The van der Waals surface area contributed by atoms with E-state index in [0.29, 0.717) is 17.1 Å². The van der Waals surface area contributed by atoms with Crippen molar-refractivity contribution in [1.29, 1.82) is 0 Å². The highest BCUT2D eigenvalue weighted by Gasteiger charge is 2.60. The van der Waals surface area contributed by atoms with Gasteiger partial charge in [-0.2, -0.15) is 0 Å². The van der Waals surface area contributed by atoms with Gasteiger partial charge in [-0.15, -0.1) is 0 Å². The zero-order chi connectivity index (χ0) is 16.9. The van der Waals surface area contributed by atoms with E-state index in [0.717, 1.165) is 56.1 Å². The second-order valence-corrected chi connectivity index (χ2v) is 9.47. The van der Waals surface area contributed by atoms with Crippen LogP contribution in [0.15, 0.2) is 0 Å². The van der Waals surface area contributed by atoms with Gasteiger partial charge in [-0.05, 0) is 80.5 Å². The van der Waals surface area contributed by atoms with Crippen LogP contribution in [0.3, 0.4) is 0 Å². The molecule has 134 valence electrons. The molecular weight excluding hydrogens is 300 g/mol. The largest absolute Gasteiger partial charge is 0.371 e. The highest BCUT2D eigenvalue weighted by Crippen LogP contribution is 2.65. The fourth-order valence-corrected chi connectivity index (χ4v) is 7.32. The number of hydrogen-bond acceptors (Lipinski definition) is 3. The first-order valence-electron chi connectivity index (χ1n) is 10.1. The molecule has 0 aromatic carbocycles. The lowest BCUT2D eigenvalue weighted by Gasteiger charge is -2.60. The fourth-order valence-electron chi connectivity index (χ4n) is 7.32. The van der Waals surface area contributed by atoms with Gasteiger partial charge in [0, 0.05) is 11.8 Å². The standard InChI is InChI=1S/C21H32O3/c1-20-9-7-15(24-12-11-22)13-14(20)3-4-16-17-5-6-19(23)21(17,2)10-8-18(16)20/h11,14-18H,3-10,12-13H2,1-2H3/t14?,15-,16-,17-,18-,20-,21-/m0/s1. The molecule has 1 unspecified atom stereocenters. The molecule has 0 aromatic rings. The minimum Gasteiger partial charge on any atom is -0.371 e. The topological polar surface area (TPSA) is 43.4 Å². The third-order valence-corrected chi connectivity index (χ3v) is 8.73. The molecule has 4 aliphatic carbocycles. The van der Waals surface area contributed by atoms with Crippen LogP contribution in [-0.4, -0.2) is 24.8 Å². The number of carbonyl (C=O) groups excluding carboxylic acids is 2. The van der Waals surface area contributed by atoms with Gasteiger partial charge >= 0.3 is 0 Å². The molecule has 0 saturated heterocycles. The second-order valence-electron chi connectivity index (χ2n) is 9.47. The maximum atomic E-state index is 12.5. The molecule has 0 bridgehead atoms. The Kier molecular flexibility index (Phi) is 4.14. The van der Waals surface area contributed by atoms with Crippen molar-refractivity contribution in [2.75, 3.05) is 6.61 Å². The molecule has 4 aliphatic rings. The number of fused-ring (bicyclic) bond motifs is 5. The third kappa shape index (κ3) is 2.34. The molecular formula is C21H32O3. The first-order valence-corrected chi connectivity index (χ1v) is 10.1. The van der Waals surface area contributed by atoms with Crippen LogP contribution in [0, 0.1) is 34.5 Å². The normalized spacial score (nSPS) is 50.8. The lowest BCUT2D eigenvalue weighted by Crippen LogP contribution is -2.54. The summed E-state index contributed by atoms with van der Waals surface area (Å²) in [4.78, 5) is 23.1. The predicted molar refractivity (Wildman–Crippen MR) is 92.5 cm³/mol. The van der Waals surface area contributed by atoms with E-state index in [1.54, 1.807) is 0 Å². The SMILES string of the molecule is C[C@]12CC[C@H](OCC=O)CC1CC[C@@H]1[C@@H]2CC[C@]2(C)C(=O)CC[C@@H]12. The van der Waals surface area contributed by atoms with Gasteiger partial charge in [-0.25, -0.2) is 0 Å². The van der Waals surface area contributed by atoms with Crippen molar-refractivity contribution in [2.24, 2.45) is 34.5 Å². The van der Waals surface area contributed by atoms with Crippen LogP contribution in [0.2, 0.25) is 0 Å². The number of Topliss-reactive ketones (excluding diaryl/α,β-unsaturated/α-hetero) is 1. The first-order chi connectivity index (χ1) is 11.5. The molecule has 4 fully saturated rings. The molecule has 0 heterocycles. The van der Waals surface area contributed by atoms with Crippen molar-refractivity contribution in [1.82, 2.24) is 0 Å². The molecule has 0 aromatic heterocycles. The van der Waals surface area contributed by atoms with Crippen molar-refractivity contribution in [3.8, 4) is 0 Å². The smallest absolute Gasteiger partial charge is 0.145 e. The van der Waals surface area contributed by atoms with Gasteiger partial charge in [0.1, 0.15) is 18.7 Å². The van der Waals surface area contributed by atoms with Gasteiger partial charge in [0.25, 0.3) is 0 Å². The average molecular weight is 332 g/mol. The van der Waals surface area contributed by atoms with E-state index in [1.807, 2.05) is 0 Å². The monoisotopic (exact) mass is 332 g/mol. The molecule has 24 heavy (non-hydrogen) atoms. The van der Waals surface area contributed by atoms with Crippen molar-refractivity contribution < 1.29 is 14.3 Å². The van der Waals surface area contributed by atoms with Crippen molar-refractivity contribution in [2.45, 2.75) is 77.7 Å². The van der Waals surface area contributed by atoms with E-state index in [2.05, 4.69) is 13.8 Å². The van der Waals surface area contributed by atoms with Gasteiger partial charge in [0.15, 0.2) is 0 Å². The van der Waals surface area contributed by atoms with E-state index in [9.17, 15) is 9.59 Å². The summed E-state index contributed by atoms with van der Waals surface area (Å²) in [6.45, 7) is 5.05. The Morgan fingerprint density at radius 1 is 1.08 bits per heavy atom. The lowest BCUT2D eigenvalue weighted by molar-refractivity contribution is -0.146. The zero-order valence-electron chi connectivity index (χ0n) is 15.3.